The molecule has 0 aliphatic carbocycles. The van der Waals surface area contributed by atoms with Gasteiger partial charge < -0.3 is 10.4 Å². The number of rotatable bonds is 5. The minimum atomic E-state index is -0.714. The summed E-state index contributed by atoms with van der Waals surface area (Å²) in [4.78, 5) is 9.92. The predicted molar refractivity (Wildman–Crippen MR) is 59.8 cm³/mol. The van der Waals surface area contributed by atoms with Crippen LogP contribution in [0.5, 0.6) is 0 Å². The Morgan fingerprint density at radius 3 is 2.62 bits per heavy atom. The number of hydrogen-bond donors (Lipinski definition) is 2. The second kappa shape index (κ2) is 5.85. The standard InChI is InChI=1S/C11H12N2O3/c1-2-7-12-8-11(14)9-3-5-10(6-4-9)13(15)16/h1,3-6,11-12,14H,7-8H2. The van der Waals surface area contributed by atoms with E-state index in [2.05, 4.69) is 11.2 Å². The number of nitrogens with one attached hydrogen (secondary N) is 1. The lowest BCUT2D eigenvalue weighted by molar-refractivity contribution is -0.384. The van der Waals surface area contributed by atoms with Gasteiger partial charge in [-0.05, 0) is 17.7 Å². The Balaban J connectivity index is 2.60. The van der Waals surface area contributed by atoms with Gasteiger partial charge in [0, 0.05) is 18.7 Å². The van der Waals surface area contributed by atoms with Gasteiger partial charge in [0.2, 0.25) is 0 Å². The number of hydrogen-bond acceptors (Lipinski definition) is 4. The van der Waals surface area contributed by atoms with Gasteiger partial charge in [-0.2, -0.15) is 0 Å². The maximum Gasteiger partial charge on any atom is 0.269 e. The van der Waals surface area contributed by atoms with E-state index in [0.29, 0.717) is 18.7 Å². The van der Waals surface area contributed by atoms with Crippen molar-refractivity contribution in [1.82, 2.24) is 5.32 Å². The number of benzene rings is 1. The molecule has 16 heavy (non-hydrogen) atoms. The SMILES string of the molecule is C#CCNCC(O)c1ccc([N+](=O)[O-])cc1. The van der Waals surface area contributed by atoms with Crippen LogP contribution in [0.4, 0.5) is 5.69 Å². The van der Waals surface area contributed by atoms with Gasteiger partial charge in [0.1, 0.15) is 0 Å². The van der Waals surface area contributed by atoms with Crippen molar-refractivity contribution in [2.75, 3.05) is 13.1 Å². The van der Waals surface area contributed by atoms with E-state index in [9.17, 15) is 15.2 Å². The van der Waals surface area contributed by atoms with E-state index >= 15 is 0 Å². The zero-order chi connectivity index (χ0) is 12.0. The van der Waals surface area contributed by atoms with Crippen LogP contribution in [-0.2, 0) is 0 Å². The third-order valence-electron chi connectivity index (χ3n) is 2.05. The number of non-ortho nitro benzene ring substituents is 1. The molecule has 0 saturated carbocycles. The molecule has 84 valence electrons. The largest absolute Gasteiger partial charge is 0.387 e. The normalized spacial score (nSPS) is 11.8. The number of aliphatic hydroxyl groups excluding tert-OH is 1. The van der Waals surface area contributed by atoms with Crippen molar-refractivity contribution in [1.29, 1.82) is 0 Å². The molecule has 0 aromatic heterocycles. The van der Waals surface area contributed by atoms with E-state index in [1.54, 1.807) is 0 Å². The molecule has 0 amide bonds. The molecule has 1 unspecified atom stereocenters. The van der Waals surface area contributed by atoms with Gasteiger partial charge in [0.25, 0.3) is 5.69 Å². The van der Waals surface area contributed by atoms with Crippen molar-refractivity contribution in [2.45, 2.75) is 6.10 Å². The van der Waals surface area contributed by atoms with Gasteiger partial charge >= 0.3 is 0 Å². The molecule has 0 fully saturated rings. The Bertz CT molecular complexity index is 395. The minimum absolute atomic E-state index is 0.00698. The highest BCUT2D eigenvalue weighted by atomic mass is 16.6. The van der Waals surface area contributed by atoms with Gasteiger partial charge in [-0.15, -0.1) is 6.42 Å². The number of nitrogens with zero attached hydrogens (tertiary/aromatic N) is 1. The molecule has 0 spiro atoms. The van der Waals surface area contributed by atoms with Crippen molar-refractivity contribution in [3.63, 3.8) is 0 Å². The molecule has 1 atom stereocenters. The van der Waals surface area contributed by atoms with Gasteiger partial charge in [-0.3, -0.25) is 10.1 Å². The van der Waals surface area contributed by atoms with Crippen molar-refractivity contribution in [3.05, 3.63) is 39.9 Å². The zero-order valence-corrected chi connectivity index (χ0v) is 8.59. The zero-order valence-electron chi connectivity index (χ0n) is 8.59. The van der Waals surface area contributed by atoms with E-state index in [4.69, 9.17) is 6.42 Å². The highest BCUT2D eigenvalue weighted by molar-refractivity contribution is 5.33. The fraction of sp³-hybridized carbons (Fsp3) is 0.273. The summed E-state index contributed by atoms with van der Waals surface area (Å²) in [5.74, 6) is 2.39. The van der Waals surface area contributed by atoms with Crippen molar-refractivity contribution in [2.24, 2.45) is 0 Å². The van der Waals surface area contributed by atoms with E-state index in [0.717, 1.165) is 0 Å². The average molecular weight is 220 g/mol. The van der Waals surface area contributed by atoms with Crippen molar-refractivity contribution >= 4 is 5.69 Å². The molecule has 5 heteroatoms. The Labute approximate surface area is 93.3 Å². The predicted octanol–water partition coefficient (Wildman–Crippen LogP) is 0.851. The van der Waals surface area contributed by atoms with Crippen LogP contribution in [0.1, 0.15) is 11.7 Å². The van der Waals surface area contributed by atoms with E-state index < -0.39 is 11.0 Å². The molecule has 0 bridgehead atoms. The molecule has 0 aliphatic rings. The molecule has 5 nitrogen and oxygen atoms in total. The average Bonchev–Trinajstić information content (AvgIpc) is 2.29. The summed E-state index contributed by atoms with van der Waals surface area (Å²) in [5, 5.41) is 22.9. The Morgan fingerprint density at radius 1 is 1.50 bits per heavy atom. The molecule has 0 saturated heterocycles. The summed E-state index contributed by atoms with van der Waals surface area (Å²) in [6.07, 6.45) is 4.32. The number of nitro benzene ring substituents is 1. The van der Waals surface area contributed by atoms with Crippen LogP contribution in [0.2, 0.25) is 0 Å². The van der Waals surface area contributed by atoms with Gasteiger partial charge in [-0.1, -0.05) is 5.92 Å². The van der Waals surface area contributed by atoms with Crippen LogP contribution < -0.4 is 5.32 Å². The van der Waals surface area contributed by atoms with Gasteiger partial charge in [-0.25, -0.2) is 0 Å². The first-order chi connectivity index (χ1) is 7.65. The van der Waals surface area contributed by atoms with Crippen LogP contribution in [0.25, 0.3) is 0 Å². The second-order valence-corrected chi connectivity index (χ2v) is 3.20. The van der Waals surface area contributed by atoms with Gasteiger partial charge in [0.15, 0.2) is 0 Å². The lowest BCUT2D eigenvalue weighted by atomic mass is 10.1. The minimum Gasteiger partial charge on any atom is -0.387 e. The maximum absolute atomic E-state index is 10.4. The molecule has 1 rings (SSSR count). The first kappa shape index (κ1) is 12.2. The Morgan fingerprint density at radius 2 is 2.12 bits per heavy atom. The summed E-state index contributed by atoms with van der Waals surface area (Å²) >= 11 is 0. The summed E-state index contributed by atoms with van der Waals surface area (Å²) in [7, 11) is 0. The lowest BCUT2D eigenvalue weighted by Gasteiger charge is -2.10. The Hall–Kier alpha value is -1.90. The quantitative estimate of drug-likeness (QED) is 0.334. The smallest absolute Gasteiger partial charge is 0.269 e. The molecule has 2 N–H and O–H groups in total. The number of nitro groups is 1. The van der Waals surface area contributed by atoms with Crippen molar-refractivity contribution in [3.8, 4) is 12.3 Å². The highest BCUT2D eigenvalue weighted by Crippen LogP contribution is 2.16. The summed E-state index contributed by atoms with van der Waals surface area (Å²) in [6, 6.07) is 5.78. The molecule has 0 radical (unpaired) electrons. The second-order valence-electron chi connectivity index (χ2n) is 3.20. The van der Waals surface area contributed by atoms with Gasteiger partial charge in [0.05, 0.1) is 17.6 Å². The highest BCUT2D eigenvalue weighted by Gasteiger charge is 2.09. The topological polar surface area (TPSA) is 75.4 Å². The van der Waals surface area contributed by atoms with Crippen LogP contribution in [-0.4, -0.2) is 23.1 Å². The molecule has 0 heterocycles. The summed E-state index contributed by atoms with van der Waals surface area (Å²) in [6.45, 7) is 0.700. The van der Waals surface area contributed by atoms with Crippen LogP contribution in [0.15, 0.2) is 24.3 Å². The van der Waals surface area contributed by atoms with E-state index in [-0.39, 0.29) is 5.69 Å². The molecule has 1 aromatic rings. The molecule has 1 aromatic carbocycles. The Kier molecular flexibility index (Phi) is 4.45. The van der Waals surface area contributed by atoms with E-state index in [1.807, 2.05) is 0 Å². The monoisotopic (exact) mass is 220 g/mol. The fourth-order valence-corrected chi connectivity index (χ4v) is 1.22. The third-order valence-corrected chi connectivity index (χ3v) is 2.05. The first-order valence-electron chi connectivity index (χ1n) is 4.71. The summed E-state index contributed by atoms with van der Waals surface area (Å²) < 4.78 is 0. The van der Waals surface area contributed by atoms with Crippen LogP contribution >= 0.6 is 0 Å². The molecule has 0 aliphatic heterocycles. The number of terminal acetylenes is 1. The van der Waals surface area contributed by atoms with Crippen LogP contribution in [0.3, 0.4) is 0 Å². The van der Waals surface area contributed by atoms with E-state index in [1.165, 1.54) is 24.3 Å². The fourth-order valence-electron chi connectivity index (χ4n) is 1.22. The summed E-state index contributed by atoms with van der Waals surface area (Å²) in [5.41, 5.74) is 0.627. The maximum atomic E-state index is 10.4. The number of aliphatic hydroxyl groups is 1. The van der Waals surface area contributed by atoms with Crippen LogP contribution in [0, 0.1) is 22.5 Å². The first-order valence-corrected chi connectivity index (χ1v) is 4.71. The lowest BCUT2D eigenvalue weighted by Crippen LogP contribution is -2.21. The molecular formula is C11H12N2O3. The third kappa shape index (κ3) is 3.35. The van der Waals surface area contributed by atoms with Crippen molar-refractivity contribution < 1.29 is 10.0 Å². The molecular weight excluding hydrogens is 208 g/mol.